The number of nitro groups is 1. The molecule has 0 fully saturated rings. The molecule has 20 heavy (non-hydrogen) atoms. The number of nitrogens with zero attached hydrogens (tertiary/aromatic N) is 1. The van der Waals surface area contributed by atoms with Gasteiger partial charge in [0, 0.05) is 12.1 Å². The Bertz CT molecular complexity index is 477. The number of nitro benzene ring substituents is 1. The summed E-state index contributed by atoms with van der Waals surface area (Å²) in [5, 5.41) is 31.4. The summed E-state index contributed by atoms with van der Waals surface area (Å²) >= 11 is 5.59. The number of non-ortho nitro benzene ring substituents is 1. The third kappa shape index (κ3) is 4.16. The summed E-state index contributed by atoms with van der Waals surface area (Å²) < 4.78 is 0. The van der Waals surface area contributed by atoms with Crippen LogP contribution < -0.4 is 5.32 Å². The van der Waals surface area contributed by atoms with Crippen molar-refractivity contribution < 1.29 is 19.9 Å². The van der Waals surface area contributed by atoms with Gasteiger partial charge in [0.2, 0.25) is 5.91 Å². The maximum Gasteiger partial charge on any atom is 0.269 e. The smallest absolute Gasteiger partial charge is 0.269 e. The normalized spacial score (nSPS) is 15.2. The first-order chi connectivity index (χ1) is 9.36. The molecule has 1 amide bonds. The highest BCUT2D eigenvalue weighted by molar-refractivity contribution is 6.30. The van der Waals surface area contributed by atoms with Crippen LogP contribution in [0.5, 0.6) is 0 Å². The minimum atomic E-state index is -1.19. The van der Waals surface area contributed by atoms with Crippen molar-refractivity contribution in [1.29, 1.82) is 0 Å². The lowest BCUT2D eigenvalue weighted by Crippen LogP contribution is -2.44. The van der Waals surface area contributed by atoms with Crippen molar-refractivity contribution in [3.8, 4) is 0 Å². The average molecular weight is 303 g/mol. The van der Waals surface area contributed by atoms with Gasteiger partial charge in [-0.2, -0.15) is 0 Å². The second-order valence-electron chi connectivity index (χ2n) is 4.21. The van der Waals surface area contributed by atoms with Crippen molar-refractivity contribution in [2.45, 2.75) is 24.4 Å². The molecular formula is C12H15ClN2O5. The lowest BCUT2D eigenvalue weighted by molar-refractivity contribution is -0.384. The van der Waals surface area contributed by atoms with Crippen LogP contribution in [-0.2, 0) is 4.79 Å². The molecule has 3 atom stereocenters. The number of hydrogen-bond donors (Lipinski definition) is 3. The number of aliphatic hydroxyl groups excluding tert-OH is 2. The Morgan fingerprint density at radius 3 is 2.40 bits per heavy atom. The van der Waals surface area contributed by atoms with Crippen LogP contribution in [-0.4, -0.2) is 39.1 Å². The van der Waals surface area contributed by atoms with Crippen LogP contribution >= 0.6 is 11.6 Å². The second kappa shape index (κ2) is 7.18. The molecule has 1 aromatic rings. The van der Waals surface area contributed by atoms with E-state index in [1.54, 1.807) is 0 Å². The summed E-state index contributed by atoms with van der Waals surface area (Å²) in [5.41, 5.74) is 0.233. The fraction of sp³-hybridized carbons (Fsp3) is 0.417. The van der Waals surface area contributed by atoms with Crippen molar-refractivity contribution in [3.05, 3.63) is 39.9 Å². The molecule has 3 N–H and O–H groups in total. The number of aliphatic hydroxyl groups is 2. The minimum absolute atomic E-state index is 0.111. The molecule has 0 saturated carbocycles. The fourth-order valence-electron chi connectivity index (χ4n) is 1.55. The SMILES string of the molecule is CC(Cl)C(=O)N[C@H](CO)C(O)c1ccc([N+](=O)[O-])cc1. The molecule has 8 heteroatoms. The fourth-order valence-corrected chi connectivity index (χ4v) is 1.61. The number of benzene rings is 1. The number of halogens is 1. The molecule has 1 aromatic carbocycles. The molecule has 110 valence electrons. The highest BCUT2D eigenvalue weighted by atomic mass is 35.5. The summed E-state index contributed by atoms with van der Waals surface area (Å²) in [6, 6.07) is 4.26. The van der Waals surface area contributed by atoms with Gasteiger partial charge in [0.25, 0.3) is 5.69 Å². The molecule has 0 heterocycles. The molecule has 0 bridgehead atoms. The largest absolute Gasteiger partial charge is 0.394 e. The highest BCUT2D eigenvalue weighted by Gasteiger charge is 2.24. The molecule has 1 rings (SSSR count). The first-order valence-electron chi connectivity index (χ1n) is 5.84. The average Bonchev–Trinajstić information content (AvgIpc) is 2.43. The predicted octanol–water partition coefficient (Wildman–Crippen LogP) is 0.733. The van der Waals surface area contributed by atoms with Gasteiger partial charge in [-0.1, -0.05) is 0 Å². The maximum atomic E-state index is 11.4. The second-order valence-corrected chi connectivity index (χ2v) is 4.86. The van der Waals surface area contributed by atoms with E-state index in [0.717, 1.165) is 0 Å². The van der Waals surface area contributed by atoms with E-state index in [0.29, 0.717) is 5.56 Å². The van der Waals surface area contributed by atoms with E-state index in [9.17, 15) is 25.1 Å². The van der Waals surface area contributed by atoms with E-state index in [1.807, 2.05) is 0 Å². The van der Waals surface area contributed by atoms with Gasteiger partial charge in [-0.15, -0.1) is 11.6 Å². The molecule has 0 aromatic heterocycles. The van der Waals surface area contributed by atoms with E-state index in [2.05, 4.69) is 5.32 Å². The van der Waals surface area contributed by atoms with E-state index < -0.39 is 35.0 Å². The van der Waals surface area contributed by atoms with Crippen molar-refractivity contribution in [3.63, 3.8) is 0 Å². The topological polar surface area (TPSA) is 113 Å². The standard InChI is InChI=1S/C12H15ClN2O5/c1-7(13)12(18)14-10(6-16)11(17)8-2-4-9(5-3-8)15(19)20/h2-5,7,10-11,16-17H,6H2,1H3,(H,14,18)/t7?,10-,11?/m1/s1. The van der Waals surface area contributed by atoms with Gasteiger partial charge in [0.05, 0.1) is 17.6 Å². The summed E-state index contributed by atoms with van der Waals surface area (Å²) in [6.07, 6.45) is -1.19. The van der Waals surface area contributed by atoms with Crippen LogP contribution in [0.4, 0.5) is 5.69 Å². The number of amides is 1. The zero-order chi connectivity index (χ0) is 15.3. The molecule has 0 aliphatic carbocycles. The number of hydrogen-bond acceptors (Lipinski definition) is 5. The highest BCUT2D eigenvalue weighted by Crippen LogP contribution is 2.20. The van der Waals surface area contributed by atoms with Gasteiger partial charge in [-0.3, -0.25) is 14.9 Å². The Labute approximate surface area is 120 Å². The first-order valence-corrected chi connectivity index (χ1v) is 6.28. The molecule has 0 aliphatic heterocycles. The van der Waals surface area contributed by atoms with Gasteiger partial charge in [-0.25, -0.2) is 0 Å². The molecule has 0 aliphatic rings. The number of alkyl halides is 1. The van der Waals surface area contributed by atoms with Crippen LogP contribution in [0.15, 0.2) is 24.3 Å². The van der Waals surface area contributed by atoms with Gasteiger partial charge >= 0.3 is 0 Å². The zero-order valence-electron chi connectivity index (χ0n) is 10.7. The third-order valence-electron chi connectivity index (χ3n) is 2.71. The first kappa shape index (κ1) is 16.4. The molecule has 0 saturated heterocycles. The lowest BCUT2D eigenvalue weighted by atomic mass is 10.0. The van der Waals surface area contributed by atoms with Gasteiger partial charge < -0.3 is 15.5 Å². The zero-order valence-corrected chi connectivity index (χ0v) is 11.4. The summed E-state index contributed by atoms with van der Waals surface area (Å²) in [4.78, 5) is 21.4. The van der Waals surface area contributed by atoms with Crippen LogP contribution in [0.1, 0.15) is 18.6 Å². The maximum absolute atomic E-state index is 11.4. The Morgan fingerprint density at radius 1 is 1.45 bits per heavy atom. The monoisotopic (exact) mass is 302 g/mol. The molecule has 2 unspecified atom stereocenters. The third-order valence-corrected chi connectivity index (χ3v) is 2.91. The van der Waals surface area contributed by atoms with Crippen molar-refractivity contribution >= 4 is 23.2 Å². The summed E-state index contributed by atoms with van der Waals surface area (Å²) in [6.45, 7) is 0.969. The van der Waals surface area contributed by atoms with Gasteiger partial charge in [0.1, 0.15) is 11.5 Å². The van der Waals surface area contributed by atoms with E-state index >= 15 is 0 Å². The number of nitrogens with one attached hydrogen (secondary N) is 1. The van der Waals surface area contributed by atoms with Crippen molar-refractivity contribution in [1.82, 2.24) is 5.32 Å². The van der Waals surface area contributed by atoms with Crippen molar-refractivity contribution in [2.24, 2.45) is 0 Å². The van der Waals surface area contributed by atoms with Gasteiger partial charge in [0.15, 0.2) is 0 Å². The van der Waals surface area contributed by atoms with E-state index in [4.69, 9.17) is 11.6 Å². The number of carbonyl (C=O) groups excluding carboxylic acids is 1. The van der Waals surface area contributed by atoms with Crippen LogP contribution in [0.2, 0.25) is 0 Å². The summed E-state index contributed by atoms with van der Waals surface area (Å²) in [5.74, 6) is -0.522. The predicted molar refractivity (Wildman–Crippen MR) is 72.4 cm³/mol. The quantitative estimate of drug-likeness (QED) is 0.407. The Hall–Kier alpha value is -1.70. The van der Waals surface area contributed by atoms with E-state index in [-0.39, 0.29) is 5.69 Å². The van der Waals surface area contributed by atoms with E-state index in [1.165, 1.54) is 31.2 Å². The van der Waals surface area contributed by atoms with Crippen LogP contribution in [0.3, 0.4) is 0 Å². The van der Waals surface area contributed by atoms with Crippen molar-refractivity contribution in [2.75, 3.05) is 6.61 Å². The Morgan fingerprint density at radius 2 is 2.00 bits per heavy atom. The minimum Gasteiger partial charge on any atom is -0.394 e. The Balaban J connectivity index is 2.82. The van der Waals surface area contributed by atoms with Gasteiger partial charge in [-0.05, 0) is 24.6 Å². The summed E-state index contributed by atoms with van der Waals surface area (Å²) in [7, 11) is 0. The molecule has 7 nitrogen and oxygen atoms in total. The Kier molecular flexibility index (Phi) is 5.87. The number of carbonyl (C=O) groups is 1. The van der Waals surface area contributed by atoms with Crippen LogP contribution in [0.25, 0.3) is 0 Å². The lowest BCUT2D eigenvalue weighted by Gasteiger charge is -2.23. The molecule has 0 spiro atoms. The van der Waals surface area contributed by atoms with Crippen LogP contribution in [0, 0.1) is 10.1 Å². The molecular weight excluding hydrogens is 288 g/mol. The number of rotatable bonds is 6. The molecule has 0 radical (unpaired) electrons.